The summed E-state index contributed by atoms with van der Waals surface area (Å²) in [6, 6.07) is 0. The van der Waals surface area contributed by atoms with Crippen molar-refractivity contribution in [3.8, 4) is 0 Å². The molecule has 0 aromatic heterocycles. The lowest BCUT2D eigenvalue weighted by atomic mass is 10.2. The minimum Gasteiger partial charge on any atom is -0.450 e. The van der Waals surface area contributed by atoms with Crippen LogP contribution in [0.15, 0.2) is 24.3 Å². The van der Waals surface area contributed by atoms with Crippen molar-refractivity contribution in [2.45, 2.75) is 12.8 Å². The van der Waals surface area contributed by atoms with Crippen LogP contribution in [0.5, 0.6) is 0 Å². The Labute approximate surface area is 111 Å². The Morgan fingerprint density at radius 1 is 0.842 bits per heavy atom. The van der Waals surface area contributed by atoms with Gasteiger partial charge in [-0.3, -0.25) is 0 Å². The molecule has 0 radical (unpaired) electrons. The fourth-order valence-electron chi connectivity index (χ4n) is 1.01. The lowest BCUT2D eigenvalue weighted by Crippen LogP contribution is -2.08. The lowest BCUT2D eigenvalue weighted by Gasteiger charge is -2.08. The Balaban J connectivity index is 3.44. The minimum absolute atomic E-state index is 0.0438. The average molecular weight is 274 g/mol. The molecule has 0 atom stereocenters. The van der Waals surface area contributed by atoms with Gasteiger partial charge in [0, 0.05) is 0 Å². The fourth-order valence-corrected chi connectivity index (χ4v) is 1.01. The lowest BCUT2D eigenvalue weighted by molar-refractivity contribution is 0.0940. The van der Waals surface area contributed by atoms with E-state index >= 15 is 0 Å². The smallest absolute Gasteiger partial charge is 0.450 e. The van der Waals surface area contributed by atoms with E-state index in [0.29, 0.717) is 37.2 Å². The Kier molecular flexibility index (Phi) is 8.90. The summed E-state index contributed by atoms with van der Waals surface area (Å²) in [7, 11) is 0. The van der Waals surface area contributed by atoms with Crippen LogP contribution in [0.1, 0.15) is 12.8 Å². The number of rotatable bonds is 10. The number of carboxylic acid groups (broad SMARTS) is 2. The molecule has 0 saturated carbocycles. The van der Waals surface area contributed by atoms with Crippen molar-refractivity contribution >= 4 is 12.3 Å². The van der Waals surface area contributed by atoms with Gasteiger partial charge in [0.05, 0.1) is 13.2 Å². The van der Waals surface area contributed by atoms with E-state index in [-0.39, 0.29) is 13.2 Å². The second-order valence-electron chi connectivity index (χ2n) is 3.72. The third-order valence-electron chi connectivity index (χ3n) is 2.00. The van der Waals surface area contributed by atoms with Gasteiger partial charge in [-0.15, -0.1) is 0 Å². The van der Waals surface area contributed by atoms with Crippen molar-refractivity contribution in [2.75, 3.05) is 26.4 Å². The maximum Gasteiger partial charge on any atom is 0.506 e. The predicted octanol–water partition coefficient (Wildman–Crippen LogP) is 2.28. The van der Waals surface area contributed by atoms with Crippen LogP contribution < -0.4 is 0 Å². The molecule has 0 aliphatic carbocycles. The second-order valence-corrected chi connectivity index (χ2v) is 3.72. The molecular formula is C12H18O7. The van der Waals surface area contributed by atoms with Gasteiger partial charge in [-0.2, -0.15) is 0 Å². The normalized spacial score (nSPS) is 9.68. The van der Waals surface area contributed by atoms with Crippen LogP contribution >= 0.6 is 0 Å². The maximum absolute atomic E-state index is 10.1. The zero-order valence-electron chi connectivity index (χ0n) is 10.6. The van der Waals surface area contributed by atoms with E-state index in [0.717, 1.165) is 0 Å². The Hall–Kier alpha value is -2.02. The van der Waals surface area contributed by atoms with Crippen LogP contribution in [0.25, 0.3) is 0 Å². The van der Waals surface area contributed by atoms with Crippen LogP contribution in [0.2, 0.25) is 0 Å². The highest BCUT2D eigenvalue weighted by Crippen LogP contribution is 2.03. The molecule has 0 unspecified atom stereocenters. The monoisotopic (exact) mass is 274 g/mol. The third-order valence-corrected chi connectivity index (χ3v) is 2.00. The molecule has 0 saturated heterocycles. The van der Waals surface area contributed by atoms with E-state index in [1.807, 2.05) is 0 Å². The van der Waals surface area contributed by atoms with E-state index in [1.54, 1.807) is 0 Å². The van der Waals surface area contributed by atoms with Gasteiger partial charge in [0.15, 0.2) is 0 Å². The summed E-state index contributed by atoms with van der Waals surface area (Å²) >= 11 is 0. The van der Waals surface area contributed by atoms with Gasteiger partial charge in [-0.25, -0.2) is 9.59 Å². The van der Waals surface area contributed by atoms with Crippen LogP contribution in [0.3, 0.4) is 0 Å². The van der Waals surface area contributed by atoms with Crippen molar-refractivity contribution < 1.29 is 34.0 Å². The number of carbonyl (C=O) groups is 2. The van der Waals surface area contributed by atoms with Crippen LogP contribution in [-0.2, 0) is 14.2 Å². The Morgan fingerprint density at radius 2 is 1.21 bits per heavy atom. The summed E-state index contributed by atoms with van der Waals surface area (Å²) in [4.78, 5) is 20.2. The predicted molar refractivity (Wildman–Crippen MR) is 66.3 cm³/mol. The van der Waals surface area contributed by atoms with Gasteiger partial charge in [0.1, 0.15) is 13.2 Å². The van der Waals surface area contributed by atoms with E-state index in [9.17, 15) is 9.59 Å². The second kappa shape index (κ2) is 9.95. The zero-order chi connectivity index (χ0) is 14.7. The molecule has 2 N–H and O–H groups in total. The topological polar surface area (TPSA) is 102 Å². The maximum atomic E-state index is 10.1. The summed E-state index contributed by atoms with van der Waals surface area (Å²) in [6.07, 6.45) is -1.69. The van der Waals surface area contributed by atoms with E-state index in [1.165, 1.54) is 0 Å². The summed E-state index contributed by atoms with van der Waals surface area (Å²) in [5.41, 5.74) is 1.24. The molecule has 0 bridgehead atoms. The summed E-state index contributed by atoms with van der Waals surface area (Å²) in [5, 5.41) is 16.5. The number of hydrogen-bond donors (Lipinski definition) is 2. The molecule has 0 aliphatic heterocycles. The molecule has 0 heterocycles. The van der Waals surface area contributed by atoms with E-state index in [2.05, 4.69) is 22.6 Å². The SMILES string of the molecule is C=C(CCOCCC(=C)COC(=O)O)COC(=O)O. The first-order chi connectivity index (χ1) is 8.91. The van der Waals surface area contributed by atoms with Crippen molar-refractivity contribution in [2.24, 2.45) is 0 Å². The van der Waals surface area contributed by atoms with Gasteiger partial charge in [-0.05, 0) is 24.0 Å². The molecule has 0 aliphatic rings. The molecular weight excluding hydrogens is 256 g/mol. The number of ether oxygens (including phenoxy) is 3. The minimum atomic E-state index is -1.34. The van der Waals surface area contributed by atoms with Gasteiger partial charge < -0.3 is 24.4 Å². The van der Waals surface area contributed by atoms with Crippen LogP contribution in [-0.4, -0.2) is 49.0 Å². The molecule has 0 spiro atoms. The summed E-state index contributed by atoms with van der Waals surface area (Å²) in [6.45, 7) is 7.95. The van der Waals surface area contributed by atoms with Crippen molar-refractivity contribution in [3.63, 3.8) is 0 Å². The molecule has 0 aromatic rings. The molecule has 19 heavy (non-hydrogen) atoms. The van der Waals surface area contributed by atoms with Gasteiger partial charge >= 0.3 is 12.3 Å². The van der Waals surface area contributed by atoms with Crippen LogP contribution in [0.4, 0.5) is 9.59 Å². The first kappa shape index (κ1) is 17.0. The molecule has 7 nitrogen and oxygen atoms in total. The molecule has 0 rings (SSSR count). The third kappa shape index (κ3) is 12.2. The molecule has 0 aromatic carbocycles. The highest BCUT2D eigenvalue weighted by molar-refractivity contribution is 5.57. The summed E-state index contributed by atoms with van der Waals surface area (Å²) < 4.78 is 13.9. The largest absolute Gasteiger partial charge is 0.506 e. The Bertz CT molecular complexity index is 303. The molecule has 7 heteroatoms. The van der Waals surface area contributed by atoms with E-state index < -0.39 is 12.3 Å². The van der Waals surface area contributed by atoms with Crippen LogP contribution in [0, 0.1) is 0 Å². The highest BCUT2D eigenvalue weighted by atomic mass is 16.7. The van der Waals surface area contributed by atoms with Gasteiger partial charge in [0.25, 0.3) is 0 Å². The standard InChI is InChI=1S/C12H18O7/c1-9(7-18-11(13)14)3-5-17-6-4-10(2)8-19-12(15)16/h1-8H2,(H,13,14)(H,15,16). The molecule has 0 amide bonds. The van der Waals surface area contributed by atoms with Gasteiger partial charge in [0.2, 0.25) is 0 Å². The quantitative estimate of drug-likeness (QED) is 0.358. The highest BCUT2D eigenvalue weighted by Gasteiger charge is 2.02. The Morgan fingerprint density at radius 3 is 1.53 bits per heavy atom. The van der Waals surface area contributed by atoms with E-state index in [4.69, 9.17) is 14.9 Å². The first-order valence-electron chi connectivity index (χ1n) is 5.54. The molecule has 108 valence electrons. The number of hydrogen-bond acceptors (Lipinski definition) is 5. The van der Waals surface area contributed by atoms with Crippen molar-refractivity contribution in [1.82, 2.24) is 0 Å². The summed E-state index contributed by atoms with van der Waals surface area (Å²) in [5.74, 6) is 0. The van der Waals surface area contributed by atoms with Gasteiger partial charge in [-0.1, -0.05) is 13.2 Å². The molecule has 0 fully saturated rings. The average Bonchev–Trinajstić information content (AvgIpc) is 2.33. The van der Waals surface area contributed by atoms with Crippen molar-refractivity contribution in [1.29, 1.82) is 0 Å². The fraction of sp³-hybridized carbons (Fsp3) is 0.500. The van der Waals surface area contributed by atoms with Crippen molar-refractivity contribution in [3.05, 3.63) is 24.3 Å². The first-order valence-corrected chi connectivity index (χ1v) is 5.54. The zero-order valence-corrected chi connectivity index (χ0v) is 10.6.